The highest BCUT2D eigenvalue weighted by Crippen LogP contribution is 2.61. The molecule has 2 aliphatic rings. The number of hydrogen-bond acceptors (Lipinski definition) is 2. The molecular formula is C18H19F4N3. The maximum absolute atomic E-state index is 14.4. The van der Waals surface area contributed by atoms with Crippen LogP contribution in [0.15, 0.2) is 52.6 Å². The summed E-state index contributed by atoms with van der Waals surface area (Å²) in [7, 11) is 0. The summed E-state index contributed by atoms with van der Waals surface area (Å²) < 4.78 is 53.8. The molecule has 1 aliphatic heterocycles. The van der Waals surface area contributed by atoms with Crippen molar-refractivity contribution in [1.29, 1.82) is 0 Å². The highest BCUT2D eigenvalue weighted by molar-refractivity contribution is 5.89. The molecule has 0 bridgehead atoms. The summed E-state index contributed by atoms with van der Waals surface area (Å²) in [5, 5.41) is 5.20. The predicted molar refractivity (Wildman–Crippen MR) is 89.2 cm³/mol. The second kappa shape index (κ2) is 6.28. The number of alkyl halides is 4. The zero-order valence-corrected chi connectivity index (χ0v) is 13.6. The lowest BCUT2D eigenvalue weighted by Crippen LogP contribution is -2.29. The summed E-state index contributed by atoms with van der Waals surface area (Å²) in [4.78, 5) is 4.09. The summed E-state index contributed by atoms with van der Waals surface area (Å²) in [5.74, 6) is 0.0166. The zero-order chi connectivity index (χ0) is 18.2. The summed E-state index contributed by atoms with van der Waals surface area (Å²) in [6.45, 7) is 6.75. The second-order valence-corrected chi connectivity index (χ2v) is 6.47. The molecule has 2 unspecified atom stereocenters. The highest BCUT2D eigenvalue weighted by atomic mass is 19.4. The van der Waals surface area contributed by atoms with E-state index in [1.54, 1.807) is 0 Å². The van der Waals surface area contributed by atoms with Gasteiger partial charge in [0.2, 0.25) is 0 Å². The average molecular weight is 353 g/mol. The summed E-state index contributed by atoms with van der Waals surface area (Å²) in [6.07, 6.45) is -5.55. The first-order valence-electron chi connectivity index (χ1n) is 8.04. The molecule has 1 aliphatic carbocycles. The number of rotatable bonds is 5. The zero-order valence-electron chi connectivity index (χ0n) is 13.6. The molecule has 0 N–H and O–H groups in total. The normalized spacial score (nSPS) is 26.7. The van der Waals surface area contributed by atoms with Gasteiger partial charge in [-0.25, -0.2) is 9.40 Å². The van der Waals surface area contributed by atoms with Gasteiger partial charge in [-0.3, -0.25) is 4.99 Å². The van der Waals surface area contributed by atoms with E-state index in [9.17, 15) is 17.6 Å². The van der Waals surface area contributed by atoms with Crippen LogP contribution >= 0.6 is 0 Å². The number of amidine groups is 1. The topological polar surface area (TPSA) is 28.0 Å². The molecule has 3 nitrogen and oxygen atoms in total. The van der Waals surface area contributed by atoms with Crippen LogP contribution in [-0.4, -0.2) is 36.5 Å². The largest absolute Gasteiger partial charge is 0.398 e. The van der Waals surface area contributed by atoms with Gasteiger partial charge in [-0.15, -0.1) is 0 Å². The van der Waals surface area contributed by atoms with E-state index in [4.69, 9.17) is 0 Å². The molecule has 1 aromatic carbocycles. The van der Waals surface area contributed by atoms with Crippen LogP contribution in [0.5, 0.6) is 0 Å². The third-order valence-corrected chi connectivity index (χ3v) is 4.98. The molecule has 2 atom stereocenters. The Morgan fingerprint density at radius 1 is 1.24 bits per heavy atom. The molecule has 7 heteroatoms. The van der Waals surface area contributed by atoms with Crippen LogP contribution in [-0.2, 0) is 0 Å². The SMILES string of the molecule is C=NN1/C(=N\CC(=C)C2(C(F)(F)F)CC2)C(F)CC1c1ccccc1. The van der Waals surface area contributed by atoms with Crippen LogP contribution in [0.4, 0.5) is 17.6 Å². The Morgan fingerprint density at radius 2 is 1.88 bits per heavy atom. The number of benzene rings is 1. The van der Waals surface area contributed by atoms with Gasteiger partial charge in [-0.05, 0) is 24.0 Å². The minimum absolute atomic E-state index is 0.0166. The molecule has 1 aromatic rings. The molecule has 1 saturated carbocycles. The fraction of sp³-hybridized carbons (Fsp3) is 0.444. The molecule has 0 aromatic heterocycles. The summed E-state index contributed by atoms with van der Waals surface area (Å²) in [6, 6.07) is 8.85. The summed E-state index contributed by atoms with van der Waals surface area (Å²) >= 11 is 0. The Kier molecular flexibility index (Phi) is 4.43. The van der Waals surface area contributed by atoms with E-state index in [1.807, 2.05) is 30.3 Å². The third-order valence-electron chi connectivity index (χ3n) is 4.98. The van der Waals surface area contributed by atoms with E-state index in [2.05, 4.69) is 23.4 Å². The first-order chi connectivity index (χ1) is 11.8. The van der Waals surface area contributed by atoms with Gasteiger partial charge in [0, 0.05) is 13.1 Å². The number of hydrazone groups is 1. The van der Waals surface area contributed by atoms with Gasteiger partial charge in [0.25, 0.3) is 0 Å². The standard InChI is InChI=1S/C18H19F4N3/c1-12(17(8-9-17)18(20,21)22)11-24-16-14(19)10-15(25(16)23-2)13-6-4-3-5-7-13/h3-7,14-15H,1-2,8-11H2/b24-16-. The molecule has 134 valence electrons. The first-order valence-corrected chi connectivity index (χ1v) is 8.04. The van der Waals surface area contributed by atoms with Crippen molar-refractivity contribution in [3.8, 4) is 0 Å². The molecule has 2 fully saturated rings. The molecule has 1 heterocycles. The minimum Gasteiger partial charge on any atom is -0.264 e. The van der Waals surface area contributed by atoms with Gasteiger partial charge < -0.3 is 0 Å². The Balaban J connectivity index is 1.78. The van der Waals surface area contributed by atoms with E-state index >= 15 is 0 Å². The molecule has 3 rings (SSSR count). The lowest BCUT2D eigenvalue weighted by atomic mass is 9.96. The van der Waals surface area contributed by atoms with Gasteiger partial charge in [0.1, 0.15) is 0 Å². The predicted octanol–water partition coefficient (Wildman–Crippen LogP) is 4.68. The van der Waals surface area contributed by atoms with Gasteiger partial charge in [0.05, 0.1) is 18.0 Å². The van der Waals surface area contributed by atoms with Gasteiger partial charge in [-0.2, -0.15) is 18.3 Å². The first kappa shape index (κ1) is 17.6. The Labute approximate surface area is 143 Å². The Hall–Kier alpha value is -2.18. The van der Waals surface area contributed by atoms with Crippen LogP contribution in [0.2, 0.25) is 0 Å². The second-order valence-electron chi connectivity index (χ2n) is 6.47. The van der Waals surface area contributed by atoms with E-state index in [0.29, 0.717) is 0 Å². The van der Waals surface area contributed by atoms with Crippen molar-refractivity contribution in [2.24, 2.45) is 15.5 Å². The highest BCUT2D eigenvalue weighted by Gasteiger charge is 2.64. The number of aliphatic imine (C=N–C) groups is 1. The smallest absolute Gasteiger partial charge is 0.264 e. The van der Waals surface area contributed by atoms with E-state index in [-0.39, 0.29) is 43.3 Å². The molecule has 0 spiro atoms. The fourth-order valence-corrected chi connectivity index (χ4v) is 3.29. The van der Waals surface area contributed by atoms with Crippen LogP contribution in [0.3, 0.4) is 0 Å². The number of nitrogens with zero attached hydrogens (tertiary/aromatic N) is 3. The van der Waals surface area contributed by atoms with Crippen LogP contribution in [0.25, 0.3) is 0 Å². The molecule has 0 radical (unpaired) electrons. The average Bonchev–Trinajstić information content (AvgIpc) is 3.34. The monoisotopic (exact) mass is 353 g/mol. The van der Waals surface area contributed by atoms with Gasteiger partial charge in [0.15, 0.2) is 12.0 Å². The lowest BCUT2D eigenvalue weighted by molar-refractivity contribution is -0.175. The number of halogens is 4. The lowest BCUT2D eigenvalue weighted by Gasteiger charge is -2.23. The van der Waals surface area contributed by atoms with E-state index < -0.39 is 17.8 Å². The van der Waals surface area contributed by atoms with Crippen molar-refractivity contribution in [2.45, 2.75) is 37.7 Å². The molecular weight excluding hydrogens is 334 g/mol. The van der Waals surface area contributed by atoms with E-state index in [0.717, 1.165) is 5.56 Å². The molecule has 25 heavy (non-hydrogen) atoms. The quantitative estimate of drug-likeness (QED) is 0.429. The van der Waals surface area contributed by atoms with Crippen molar-refractivity contribution < 1.29 is 17.6 Å². The number of hydrogen-bond donors (Lipinski definition) is 0. The van der Waals surface area contributed by atoms with Crippen molar-refractivity contribution in [2.75, 3.05) is 6.54 Å². The van der Waals surface area contributed by atoms with Gasteiger partial charge in [-0.1, -0.05) is 36.9 Å². The van der Waals surface area contributed by atoms with Crippen LogP contribution < -0.4 is 0 Å². The van der Waals surface area contributed by atoms with Gasteiger partial charge >= 0.3 is 6.18 Å². The molecule has 0 amide bonds. The summed E-state index contributed by atoms with van der Waals surface area (Å²) in [5.41, 5.74) is -1.02. The Bertz CT molecular complexity index is 692. The maximum Gasteiger partial charge on any atom is 0.398 e. The minimum atomic E-state index is -4.34. The van der Waals surface area contributed by atoms with Crippen molar-refractivity contribution in [3.63, 3.8) is 0 Å². The Morgan fingerprint density at radius 3 is 2.40 bits per heavy atom. The van der Waals surface area contributed by atoms with E-state index in [1.165, 1.54) is 5.01 Å². The van der Waals surface area contributed by atoms with Crippen molar-refractivity contribution in [3.05, 3.63) is 48.0 Å². The van der Waals surface area contributed by atoms with Crippen molar-refractivity contribution in [1.82, 2.24) is 5.01 Å². The molecule has 1 saturated heterocycles. The fourth-order valence-electron chi connectivity index (χ4n) is 3.29. The van der Waals surface area contributed by atoms with Crippen molar-refractivity contribution >= 4 is 12.6 Å². The maximum atomic E-state index is 14.4. The van der Waals surface area contributed by atoms with Crippen LogP contribution in [0.1, 0.15) is 30.9 Å². The third kappa shape index (κ3) is 3.07. The van der Waals surface area contributed by atoms with Crippen LogP contribution in [0, 0.1) is 5.41 Å².